The summed E-state index contributed by atoms with van der Waals surface area (Å²) in [6.45, 7) is 5.69. The number of piperazine rings is 1. The Balaban J connectivity index is 2.49. The van der Waals surface area contributed by atoms with Gasteiger partial charge >= 0.3 is 0 Å². The third-order valence-corrected chi connectivity index (χ3v) is 2.25. The van der Waals surface area contributed by atoms with Crippen molar-refractivity contribution in [3.8, 4) is 0 Å². The number of alkyl halides is 1. The van der Waals surface area contributed by atoms with Gasteiger partial charge in [-0.05, 0) is 13.8 Å². The van der Waals surface area contributed by atoms with Crippen LogP contribution in [0.3, 0.4) is 0 Å². The van der Waals surface area contributed by atoms with Crippen LogP contribution in [-0.4, -0.2) is 41.9 Å². The molecule has 4 heteroatoms. The standard InChI is InChI=1S/C8H15ClN2O/c1-6-4-11(8(12)3-9)5-7(2)10-6/h6-7,10H,3-5H2,1-2H3/t6-,7+. The second-order valence-electron chi connectivity index (χ2n) is 3.40. The molecule has 3 nitrogen and oxygen atoms in total. The molecule has 2 atom stereocenters. The van der Waals surface area contributed by atoms with Crippen LogP contribution >= 0.6 is 11.6 Å². The summed E-state index contributed by atoms with van der Waals surface area (Å²) in [6.07, 6.45) is 0. The molecule has 1 N–H and O–H groups in total. The van der Waals surface area contributed by atoms with Gasteiger partial charge in [0.2, 0.25) is 5.91 Å². The normalized spacial score (nSPS) is 30.4. The third kappa shape index (κ3) is 2.35. The lowest BCUT2D eigenvalue weighted by molar-refractivity contribution is -0.130. The molecule has 70 valence electrons. The zero-order valence-electron chi connectivity index (χ0n) is 7.51. The maximum absolute atomic E-state index is 11.2. The maximum Gasteiger partial charge on any atom is 0.237 e. The molecule has 1 aliphatic heterocycles. The predicted molar refractivity (Wildman–Crippen MR) is 49.4 cm³/mol. The van der Waals surface area contributed by atoms with Gasteiger partial charge in [-0.3, -0.25) is 4.79 Å². The van der Waals surface area contributed by atoms with E-state index in [1.165, 1.54) is 0 Å². The molecule has 0 saturated carbocycles. The minimum Gasteiger partial charge on any atom is -0.339 e. The number of nitrogens with zero attached hydrogens (tertiary/aromatic N) is 1. The quantitative estimate of drug-likeness (QED) is 0.609. The Hall–Kier alpha value is -0.280. The van der Waals surface area contributed by atoms with Crippen molar-refractivity contribution in [2.45, 2.75) is 25.9 Å². The number of halogens is 1. The van der Waals surface area contributed by atoms with Crippen LogP contribution in [0.4, 0.5) is 0 Å². The first kappa shape index (κ1) is 9.81. The fourth-order valence-electron chi connectivity index (χ4n) is 1.61. The molecule has 0 unspecified atom stereocenters. The van der Waals surface area contributed by atoms with Crippen molar-refractivity contribution in [3.05, 3.63) is 0 Å². The predicted octanol–water partition coefficient (Wildman–Crippen LogP) is 0.434. The average molecular weight is 191 g/mol. The van der Waals surface area contributed by atoms with Crippen LogP contribution in [0.1, 0.15) is 13.8 Å². The lowest BCUT2D eigenvalue weighted by Crippen LogP contribution is -2.56. The molecule has 0 bridgehead atoms. The van der Waals surface area contributed by atoms with E-state index in [1.54, 1.807) is 0 Å². The van der Waals surface area contributed by atoms with E-state index in [0.29, 0.717) is 12.1 Å². The molecule has 0 spiro atoms. The van der Waals surface area contributed by atoms with E-state index in [1.807, 2.05) is 4.90 Å². The summed E-state index contributed by atoms with van der Waals surface area (Å²) in [5.41, 5.74) is 0. The maximum atomic E-state index is 11.2. The van der Waals surface area contributed by atoms with Crippen LogP contribution in [0.15, 0.2) is 0 Å². The van der Waals surface area contributed by atoms with Crippen LogP contribution in [-0.2, 0) is 4.79 Å². The average Bonchev–Trinajstić information content (AvgIpc) is 2.01. The molecule has 1 amide bonds. The molecule has 1 saturated heterocycles. The molecule has 1 heterocycles. The number of hydrogen-bond donors (Lipinski definition) is 1. The Morgan fingerprint density at radius 1 is 1.50 bits per heavy atom. The summed E-state index contributed by atoms with van der Waals surface area (Å²) in [5, 5.41) is 3.35. The van der Waals surface area contributed by atoms with Crippen LogP contribution in [0.5, 0.6) is 0 Å². The molecule has 1 aliphatic rings. The first-order valence-electron chi connectivity index (χ1n) is 4.23. The first-order valence-corrected chi connectivity index (χ1v) is 4.76. The summed E-state index contributed by atoms with van der Waals surface area (Å²) in [6, 6.07) is 0.752. The lowest BCUT2D eigenvalue weighted by Gasteiger charge is -2.35. The van der Waals surface area contributed by atoms with E-state index < -0.39 is 0 Å². The highest BCUT2D eigenvalue weighted by molar-refractivity contribution is 6.27. The highest BCUT2D eigenvalue weighted by Crippen LogP contribution is 2.04. The molecule has 0 aromatic heterocycles. The SMILES string of the molecule is C[C@@H]1CN(C(=O)CCl)C[C@H](C)N1. The highest BCUT2D eigenvalue weighted by Gasteiger charge is 2.23. The van der Waals surface area contributed by atoms with Gasteiger partial charge in [0.15, 0.2) is 0 Å². The smallest absolute Gasteiger partial charge is 0.237 e. The molecule has 0 radical (unpaired) electrons. The number of carbonyl (C=O) groups is 1. The van der Waals surface area contributed by atoms with Crippen molar-refractivity contribution in [1.29, 1.82) is 0 Å². The van der Waals surface area contributed by atoms with Gasteiger partial charge in [-0.15, -0.1) is 11.6 Å². The van der Waals surface area contributed by atoms with E-state index >= 15 is 0 Å². The number of nitrogens with one attached hydrogen (secondary N) is 1. The Labute approximate surface area is 78.1 Å². The summed E-state index contributed by atoms with van der Waals surface area (Å²) >= 11 is 5.47. The van der Waals surface area contributed by atoms with Gasteiger partial charge in [0.25, 0.3) is 0 Å². The zero-order valence-corrected chi connectivity index (χ0v) is 8.27. The summed E-state index contributed by atoms with van der Waals surface area (Å²) in [5.74, 6) is 0.135. The van der Waals surface area contributed by atoms with E-state index in [9.17, 15) is 4.79 Å². The van der Waals surface area contributed by atoms with Crippen LogP contribution < -0.4 is 5.32 Å². The van der Waals surface area contributed by atoms with E-state index in [4.69, 9.17) is 11.6 Å². The summed E-state index contributed by atoms with van der Waals surface area (Å²) in [4.78, 5) is 13.0. The number of amides is 1. The van der Waals surface area contributed by atoms with Gasteiger partial charge in [-0.1, -0.05) is 0 Å². The highest BCUT2D eigenvalue weighted by atomic mass is 35.5. The van der Waals surface area contributed by atoms with Gasteiger partial charge < -0.3 is 10.2 Å². The van der Waals surface area contributed by atoms with Crippen molar-refractivity contribution in [2.75, 3.05) is 19.0 Å². The van der Waals surface area contributed by atoms with Crippen LogP contribution in [0, 0.1) is 0 Å². The summed E-state index contributed by atoms with van der Waals surface area (Å²) < 4.78 is 0. The van der Waals surface area contributed by atoms with E-state index in [-0.39, 0.29) is 11.8 Å². The molecular weight excluding hydrogens is 176 g/mol. The fraction of sp³-hybridized carbons (Fsp3) is 0.875. The topological polar surface area (TPSA) is 32.3 Å². The Bertz CT molecular complexity index is 164. The second-order valence-corrected chi connectivity index (χ2v) is 3.67. The van der Waals surface area contributed by atoms with Gasteiger partial charge in [-0.2, -0.15) is 0 Å². The zero-order chi connectivity index (χ0) is 9.14. The lowest BCUT2D eigenvalue weighted by atomic mass is 10.1. The van der Waals surface area contributed by atoms with Crippen molar-refractivity contribution in [3.63, 3.8) is 0 Å². The monoisotopic (exact) mass is 190 g/mol. The van der Waals surface area contributed by atoms with Gasteiger partial charge in [0.05, 0.1) is 0 Å². The molecule has 12 heavy (non-hydrogen) atoms. The van der Waals surface area contributed by atoms with Crippen molar-refractivity contribution >= 4 is 17.5 Å². The van der Waals surface area contributed by atoms with Crippen LogP contribution in [0.25, 0.3) is 0 Å². The Morgan fingerprint density at radius 2 is 2.00 bits per heavy atom. The van der Waals surface area contributed by atoms with Gasteiger partial charge in [0, 0.05) is 25.2 Å². The molecule has 1 rings (SSSR count). The fourth-order valence-corrected chi connectivity index (χ4v) is 1.78. The molecule has 0 aliphatic carbocycles. The minimum atomic E-state index is 0.0388. The minimum absolute atomic E-state index is 0.0388. The van der Waals surface area contributed by atoms with Gasteiger partial charge in [0.1, 0.15) is 5.88 Å². The Kier molecular flexibility index (Phi) is 3.35. The molecule has 1 fully saturated rings. The van der Waals surface area contributed by atoms with Gasteiger partial charge in [-0.25, -0.2) is 0 Å². The number of rotatable bonds is 1. The molecule has 0 aromatic rings. The van der Waals surface area contributed by atoms with Crippen molar-refractivity contribution in [2.24, 2.45) is 0 Å². The largest absolute Gasteiger partial charge is 0.339 e. The molecular formula is C8H15ClN2O. The second kappa shape index (κ2) is 4.10. The van der Waals surface area contributed by atoms with E-state index in [2.05, 4.69) is 19.2 Å². The number of hydrogen-bond acceptors (Lipinski definition) is 2. The number of carbonyl (C=O) groups excluding carboxylic acids is 1. The van der Waals surface area contributed by atoms with Crippen molar-refractivity contribution in [1.82, 2.24) is 10.2 Å². The Morgan fingerprint density at radius 3 is 2.42 bits per heavy atom. The van der Waals surface area contributed by atoms with Crippen LogP contribution in [0.2, 0.25) is 0 Å². The molecule has 0 aromatic carbocycles. The van der Waals surface area contributed by atoms with E-state index in [0.717, 1.165) is 13.1 Å². The summed E-state index contributed by atoms with van der Waals surface area (Å²) in [7, 11) is 0. The first-order chi connectivity index (χ1) is 5.63. The third-order valence-electron chi connectivity index (χ3n) is 2.02. The van der Waals surface area contributed by atoms with Crippen molar-refractivity contribution < 1.29 is 4.79 Å².